The average molecular weight is 351 g/mol. The molecule has 2 aliphatic carbocycles. The van der Waals surface area contributed by atoms with Gasteiger partial charge in [0.05, 0.1) is 17.8 Å². The van der Waals surface area contributed by atoms with E-state index < -0.39 is 40.3 Å². The molecule has 7 unspecified atom stereocenters. The maximum absolute atomic E-state index is 13.3. The fourth-order valence-electron chi connectivity index (χ4n) is 6.11. The van der Waals surface area contributed by atoms with Gasteiger partial charge in [-0.05, 0) is 32.1 Å². The van der Waals surface area contributed by atoms with Gasteiger partial charge in [0.15, 0.2) is 11.4 Å². The van der Waals surface area contributed by atoms with Crippen LogP contribution in [0.1, 0.15) is 53.9 Å². The van der Waals surface area contributed by atoms with Crippen LogP contribution in [0.3, 0.4) is 0 Å². The molecule has 0 aromatic heterocycles. The molecule has 141 valence electrons. The molecular formula is C20H31O5. The van der Waals surface area contributed by atoms with Crippen LogP contribution < -0.4 is 0 Å². The van der Waals surface area contributed by atoms with Crippen LogP contribution in [0, 0.1) is 23.2 Å². The van der Waals surface area contributed by atoms with Crippen molar-refractivity contribution in [2.75, 3.05) is 0 Å². The Labute approximate surface area is 150 Å². The number of aliphatic hydroxyl groups is 3. The molecule has 3 aliphatic rings. The maximum Gasteiger partial charge on any atom is 0.171 e. The monoisotopic (exact) mass is 351 g/mol. The summed E-state index contributed by atoms with van der Waals surface area (Å²) in [5, 5.41) is 33.7. The van der Waals surface area contributed by atoms with Gasteiger partial charge in [-0.15, -0.1) is 6.58 Å². The molecule has 1 aliphatic heterocycles. The van der Waals surface area contributed by atoms with Gasteiger partial charge in [-0.25, -0.2) is 0 Å². The van der Waals surface area contributed by atoms with Crippen molar-refractivity contribution < 1.29 is 24.9 Å². The fraction of sp³-hybridized carbons (Fsp3) is 0.800. The number of aliphatic hydroxyl groups excluding tert-OH is 2. The number of ether oxygens (including phenoxy) is 1. The van der Waals surface area contributed by atoms with Crippen LogP contribution in [0.5, 0.6) is 0 Å². The zero-order chi connectivity index (χ0) is 19.1. The zero-order valence-corrected chi connectivity index (χ0v) is 15.9. The minimum atomic E-state index is -1.91. The highest BCUT2D eigenvalue weighted by atomic mass is 16.5. The topological polar surface area (TPSA) is 87.0 Å². The van der Waals surface area contributed by atoms with E-state index in [2.05, 4.69) is 6.58 Å². The summed E-state index contributed by atoms with van der Waals surface area (Å²) in [4.78, 5) is 13.3. The lowest BCUT2D eigenvalue weighted by Gasteiger charge is -2.69. The second-order valence-electron chi connectivity index (χ2n) is 9.50. The minimum Gasteiger partial charge on any atom is -0.392 e. The molecule has 0 aromatic rings. The van der Waals surface area contributed by atoms with Crippen LogP contribution in [-0.4, -0.2) is 50.1 Å². The summed E-state index contributed by atoms with van der Waals surface area (Å²) in [6.07, 6.45) is 2.48. The van der Waals surface area contributed by atoms with Crippen molar-refractivity contribution in [2.45, 2.75) is 82.9 Å². The molecule has 3 fully saturated rings. The van der Waals surface area contributed by atoms with Crippen LogP contribution in [0.2, 0.25) is 0 Å². The van der Waals surface area contributed by atoms with Crippen LogP contribution >= 0.6 is 0 Å². The Hall–Kier alpha value is -0.750. The lowest BCUT2D eigenvalue weighted by Crippen LogP contribution is -2.82. The van der Waals surface area contributed by atoms with E-state index in [0.717, 1.165) is 0 Å². The van der Waals surface area contributed by atoms with E-state index in [-0.39, 0.29) is 17.6 Å². The van der Waals surface area contributed by atoms with Crippen molar-refractivity contribution in [3.8, 4) is 0 Å². The maximum atomic E-state index is 13.3. The summed E-state index contributed by atoms with van der Waals surface area (Å²) < 4.78 is 6.17. The lowest BCUT2D eigenvalue weighted by molar-refractivity contribution is -0.322. The Morgan fingerprint density at radius 2 is 1.84 bits per heavy atom. The molecule has 0 amide bonds. The zero-order valence-electron chi connectivity index (χ0n) is 15.9. The molecule has 2 saturated carbocycles. The molecule has 0 bridgehead atoms. The number of hydrogen-bond donors (Lipinski definition) is 3. The highest BCUT2D eigenvalue weighted by Crippen LogP contribution is 2.66. The number of hydrogen-bond acceptors (Lipinski definition) is 5. The van der Waals surface area contributed by atoms with Gasteiger partial charge >= 0.3 is 0 Å². The van der Waals surface area contributed by atoms with E-state index in [1.165, 1.54) is 0 Å². The molecule has 5 heteroatoms. The van der Waals surface area contributed by atoms with Crippen molar-refractivity contribution in [3.05, 3.63) is 19.1 Å². The van der Waals surface area contributed by atoms with E-state index in [1.807, 2.05) is 13.8 Å². The number of ketones is 1. The Bertz CT molecular complexity index is 615. The van der Waals surface area contributed by atoms with Crippen LogP contribution in [0.25, 0.3) is 0 Å². The molecule has 3 rings (SSSR count). The molecule has 25 heavy (non-hydrogen) atoms. The highest BCUT2D eigenvalue weighted by molar-refractivity contribution is 5.92. The molecule has 1 saturated heterocycles. The highest BCUT2D eigenvalue weighted by Gasteiger charge is 2.77. The largest absolute Gasteiger partial charge is 0.392 e. The predicted molar refractivity (Wildman–Crippen MR) is 93.6 cm³/mol. The predicted octanol–water partition coefficient (Wildman–Crippen LogP) is 1.79. The third kappa shape index (κ3) is 2.13. The normalized spacial score (nSPS) is 55.2. The fourth-order valence-corrected chi connectivity index (χ4v) is 6.11. The van der Waals surface area contributed by atoms with Gasteiger partial charge in [0.25, 0.3) is 0 Å². The quantitative estimate of drug-likeness (QED) is 0.627. The van der Waals surface area contributed by atoms with E-state index in [9.17, 15) is 20.1 Å². The lowest BCUT2D eigenvalue weighted by atomic mass is 9.40. The second-order valence-corrected chi connectivity index (χ2v) is 9.50. The van der Waals surface area contributed by atoms with Crippen LogP contribution in [-0.2, 0) is 9.53 Å². The Morgan fingerprint density at radius 1 is 1.24 bits per heavy atom. The van der Waals surface area contributed by atoms with Crippen molar-refractivity contribution in [1.29, 1.82) is 0 Å². The van der Waals surface area contributed by atoms with Gasteiger partial charge in [0.2, 0.25) is 0 Å². The van der Waals surface area contributed by atoms with Gasteiger partial charge < -0.3 is 20.1 Å². The summed E-state index contributed by atoms with van der Waals surface area (Å²) in [5.41, 5.74) is -5.79. The average Bonchev–Trinajstić information content (AvgIpc) is 2.47. The first-order chi connectivity index (χ1) is 11.3. The second kappa shape index (κ2) is 5.16. The van der Waals surface area contributed by atoms with Gasteiger partial charge in [-0.2, -0.15) is 0 Å². The Morgan fingerprint density at radius 3 is 2.40 bits per heavy atom. The number of Topliss-reactive ketones (excluding diaryl/α,β-unsaturated/α-hetero) is 1. The van der Waals surface area contributed by atoms with Crippen LogP contribution in [0.4, 0.5) is 0 Å². The van der Waals surface area contributed by atoms with Gasteiger partial charge in [0.1, 0.15) is 5.60 Å². The minimum absolute atomic E-state index is 0.0119. The number of rotatable bonds is 1. The summed E-state index contributed by atoms with van der Waals surface area (Å²) in [6.45, 7) is 12.9. The Balaban J connectivity index is 2.23. The standard InChI is InChI=1S/C20H31O5/c1-7-17(4)11-14(23)20(24)18(5,25-17)10-12(21)15-16(2,3)9-8-13(22)19(15,20)6/h7,10,12-13,15,21-22,24H,1,8-9,11H2,2-6H3. The molecular weight excluding hydrogens is 320 g/mol. The molecule has 1 heterocycles. The summed E-state index contributed by atoms with van der Waals surface area (Å²) in [6, 6.07) is 0. The van der Waals surface area contributed by atoms with Gasteiger partial charge in [0, 0.05) is 24.2 Å². The SMILES string of the molecule is C=CC1(C)CC(=O)C2(O)C(C)([CH]C(O)C3C(C)(C)CCC(O)C32C)O1. The molecule has 5 nitrogen and oxygen atoms in total. The molecule has 3 N–H and O–H groups in total. The molecule has 0 aromatic carbocycles. The summed E-state index contributed by atoms with van der Waals surface area (Å²) in [7, 11) is 0. The van der Waals surface area contributed by atoms with E-state index in [0.29, 0.717) is 12.8 Å². The van der Waals surface area contributed by atoms with Crippen molar-refractivity contribution in [3.63, 3.8) is 0 Å². The number of fused-ring (bicyclic) bond motifs is 3. The number of carbonyl (C=O) groups excluding carboxylic acids is 1. The first-order valence-electron chi connectivity index (χ1n) is 9.09. The van der Waals surface area contributed by atoms with Gasteiger partial charge in [-0.1, -0.05) is 26.8 Å². The first kappa shape index (κ1) is 19.0. The first-order valence-corrected chi connectivity index (χ1v) is 9.09. The number of carbonyl (C=O) groups is 1. The third-order valence-corrected chi connectivity index (χ3v) is 7.36. The van der Waals surface area contributed by atoms with Crippen molar-refractivity contribution in [1.82, 2.24) is 0 Å². The molecule has 7 atom stereocenters. The smallest absolute Gasteiger partial charge is 0.171 e. The summed E-state index contributed by atoms with van der Waals surface area (Å²) >= 11 is 0. The van der Waals surface area contributed by atoms with Crippen molar-refractivity contribution in [2.24, 2.45) is 16.7 Å². The summed E-state index contributed by atoms with van der Waals surface area (Å²) in [5.74, 6) is -0.821. The Kier molecular flexibility index (Phi) is 3.92. The van der Waals surface area contributed by atoms with E-state index >= 15 is 0 Å². The third-order valence-electron chi connectivity index (χ3n) is 7.36. The molecule has 0 spiro atoms. The van der Waals surface area contributed by atoms with E-state index in [1.54, 1.807) is 33.3 Å². The van der Waals surface area contributed by atoms with Crippen LogP contribution in [0.15, 0.2) is 12.7 Å². The van der Waals surface area contributed by atoms with Crippen molar-refractivity contribution >= 4 is 5.78 Å². The molecule has 1 radical (unpaired) electrons. The van der Waals surface area contributed by atoms with Gasteiger partial charge in [-0.3, -0.25) is 4.79 Å². The van der Waals surface area contributed by atoms with E-state index in [4.69, 9.17) is 4.74 Å².